The number of benzene rings is 1. The maximum absolute atomic E-state index is 13.2. The molecule has 18 heavy (non-hydrogen) atoms. The average Bonchev–Trinajstić information content (AvgIpc) is 2.39. The molecule has 1 aromatic rings. The Morgan fingerprint density at radius 3 is 2.72 bits per heavy atom. The normalized spacial score (nSPS) is 20.5. The maximum Gasteiger partial charge on any atom is 0.151 e. The predicted molar refractivity (Wildman–Crippen MR) is 69.4 cm³/mol. The van der Waals surface area contributed by atoms with E-state index in [-0.39, 0.29) is 17.3 Å². The van der Waals surface area contributed by atoms with Crippen LogP contribution in [0.4, 0.5) is 10.1 Å². The van der Waals surface area contributed by atoms with Crippen LogP contribution in [0.3, 0.4) is 0 Å². The minimum absolute atomic E-state index is 0.178. The molecule has 1 heterocycles. The van der Waals surface area contributed by atoms with Crippen LogP contribution in [0.5, 0.6) is 0 Å². The number of rotatable bonds is 2. The Balaban J connectivity index is 2.05. The van der Waals surface area contributed by atoms with E-state index >= 15 is 0 Å². The Morgan fingerprint density at radius 1 is 1.22 bits per heavy atom. The number of nitrogens with zero attached hydrogens (tertiary/aromatic N) is 1. The van der Waals surface area contributed by atoms with E-state index in [0.717, 1.165) is 12.1 Å². The van der Waals surface area contributed by atoms with Crippen LogP contribution in [0.15, 0.2) is 18.2 Å². The van der Waals surface area contributed by atoms with E-state index in [9.17, 15) is 12.8 Å². The number of hydrogen-bond donors (Lipinski definition) is 1. The molecule has 0 radical (unpaired) electrons. The monoisotopic (exact) mass is 272 g/mol. The van der Waals surface area contributed by atoms with Gasteiger partial charge in [0.05, 0.1) is 11.5 Å². The zero-order valence-electron chi connectivity index (χ0n) is 10.1. The van der Waals surface area contributed by atoms with Gasteiger partial charge < -0.3 is 5.73 Å². The summed E-state index contributed by atoms with van der Waals surface area (Å²) in [7, 11) is -2.90. The van der Waals surface area contributed by atoms with Crippen molar-refractivity contribution in [2.45, 2.75) is 13.0 Å². The lowest BCUT2D eigenvalue weighted by molar-refractivity contribution is 0.287. The summed E-state index contributed by atoms with van der Waals surface area (Å²) in [6, 6.07) is 4.44. The zero-order valence-corrected chi connectivity index (χ0v) is 10.9. The van der Waals surface area contributed by atoms with Crippen molar-refractivity contribution in [2.24, 2.45) is 0 Å². The van der Waals surface area contributed by atoms with Gasteiger partial charge in [-0.05, 0) is 36.7 Å². The first-order chi connectivity index (χ1) is 8.44. The molecule has 0 aromatic heterocycles. The van der Waals surface area contributed by atoms with Gasteiger partial charge in [-0.15, -0.1) is 0 Å². The Morgan fingerprint density at radius 2 is 2.00 bits per heavy atom. The summed E-state index contributed by atoms with van der Waals surface area (Å²) < 4.78 is 36.1. The van der Waals surface area contributed by atoms with Crippen molar-refractivity contribution in [1.29, 1.82) is 0 Å². The molecule has 0 saturated carbocycles. The molecule has 0 aliphatic carbocycles. The van der Waals surface area contributed by atoms with Crippen molar-refractivity contribution in [1.82, 2.24) is 4.90 Å². The fraction of sp³-hybridized carbons (Fsp3) is 0.500. The van der Waals surface area contributed by atoms with Gasteiger partial charge in [0.1, 0.15) is 5.82 Å². The maximum atomic E-state index is 13.2. The Labute approximate surface area is 107 Å². The fourth-order valence-corrected chi connectivity index (χ4v) is 3.48. The summed E-state index contributed by atoms with van der Waals surface area (Å²) in [5.74, 6) is 0.0690. The van der Waals surface area contributed by atoms with Crippen molar-refractivity contribution in [3.63, 3.8) is 0 Å². The highest BCUT2D eigenvalue weighted by Crippen LogP contribution is 2.14. The summed E-state index contributed by atoms with van der Waals surface area (Å²) in [5, 5.41) is 0. The van der Waals surface area contributed by atoms with Crippen LogP contribution in [-0.4, -0.2) is 37.9 Å². The molecule has 0 bridgehead atoms. The first kappa shape index (κ1) is 13.3. The summed E-state index contributed by atoms with van der Waals surface area (Å²) in [5.41, 5.74) is 6.76. The van der Waals surface area contributed by atoms with Gasteiger partial charge in [-0.25, -0.2) is 12.8 Å². The third kappa shape index (κ3) is 3.68. The number of anilines is 1. The van der Waals surface area contributed by atoms with Gasteiger partial charge in [-0.2, -0.15) is 0 Å². The van der Waals surface area contributed by atoms with E-state index in [1.807, 2.05) is 4.90 Å². The predicted octanol–water partition coefficient (Wildman–Crippen LogP) is 1.03. The molecule has 4 nitrogen and oxygen atoms in total. The molecule has 1 aliphatic heterocycles. The second-order valence-electron chi connectivity index (χ2n) is 4.67. The third-order valence-corrected chi connectivity index (χ3v) is 4.75. The molecule has 2 N–H and O–H groups in total. The van der Waals surface area contributed by atoms with Crippen LogP contribution in [0.1, 0.15) is 12.0 Å². The lowest BCUT2D eigenvalue weighted by atomic mass is 10.2. The van der Waals surface area contributed by atoms with E-state index in [0.29, 0.717) is 25.2 Å². The molecular formula is C12H17FN2O2S. The zero-order chi connectivity index (χ0) is 13.2. The molecule has 100 valence electrons. The Bertz CT molecular complexity index is 511. The van der Waals surface area contributed by atoms with Crippen LogP contribution in [-0.2, 0) is 16.4 Å². The van der Waals surface area contributed by atoms with E-state index in [4.69, 9.17) is 5.73 Å². The number of sulfone groups is 1. The van der Waals surface area contributed by atoms with Crippen molar-refractivity contribution in [3.8, 4) is 0 Å². The van der Waals surface area contributed by atoms with Crippen molar-refractivity contribution in [2.75, 3.05) is 30.3 Å². The van der Waals surface area contributed by atoms with Crippen molar-refractivity contribution in [3.05, 3.63) is 29.6 Å². The summed E-state index contributed by atoms with van der Waals surface area (Å²) >= 11 is 0. The Kier molecular flexibility index (Phi) is 3.87. The minimum Gasteiger partial charge on any atom is -0.399 e. The highest BCUT2D eigenvalue weighted by atomic mass is 32.2. The Hall–Kier alpha value is -1.14. The van der Waals surface area contributed by atoms with E-state index in [1.54, 1.807) is 6.07 Å². The lowest BCUT2D eigenvalue weighted by Gasteiger charge is -2.19. The summed E-state index contributed by atoms with van der Waals surface area (Å²) in [6.45, 7) is 1.76. The highest BCUT2D eigenvalue weighted by Gasteiger charge is 2.19. The third-order valence-electron chi connectivity index (χ3n) is 3.03. The van der Waals surface area contributed by atoms with Crippen LogP contribution in [0, 0.1) is 5.82 Å². The van der Waals surface area contributed by atoms with Gasteiger partial charge in [0.2, 0.25) is 0 Å². The molecule has 1 fully saturated rings. The standard InChI is InChI=1S/C12H17FN2O2S/c13-11-6-10(7-12(14)8-11)9-15-2-1-4-18(16,17)5-3-15/h6-8H,1-5,9,14H2. The molecule has 1 saturated heterocycles. The molecule has 6 heteroatoms. The highest BCUT2D eigenvalue weighted by molar-refractivity contribution is 7.91. The smallest absolute Gasteiger partial charge is 0.151 e. The topological polar surface area (TPSA) is 63.4 Å². The molecule has 1 aromatic carbocycles. The van der Waals surface area contributed by atoms with E-state index in [1.165, 1.54) is 12.1 Å². The molecule has 0 unspecified atom stereocenters. The first-order valence-electron chi connectivity index (χ1n) is 5.92. The molecule has 0 spiro atoms. The van der Waals surface area contributed by atoms with Gasteiger partial charge in [0.15, 0.2) is 9.84 Å². The quantitative estimate of drug-likeness (QED) is 0.817. The van der Waals surface area contributed by atoms with Gasteiger partial charge in [0, 0.05) is 18.8 Å². The van der Waals surface area contributed by atoms with E-state index < -0.39 is 9.84 Å². The fourth-order valence-electron chi connectivity index (χ4n) is 2.17. The number of hydrogen-bond acceptors (Lipinski definition) is 4. The SMILES string of the molecule is Nc1cc(F)cc(CN2CCCS(=O)(=O)CC2)c1. The van der Waals surface area contributed by atoms with Gasteiger partial charge >= 0.3 is 0 Å². The molecule has 0 amide bonds. The van der Waals surface area contributed by atoms with Gasteiger partial charge in [0.25, 0.3) is 0 Å². The van der Waals surface area contributed by atoms with E-state index in [2.05, 4.69) is 0 Å². The lowest BCUT2D eigenvalue weighted by Crippen LogP contribution is -2.26. The van der Waals surface area contributed by atoms with Crippen molar-refractivity contribution >= 4 is 15.5 Å². The molecule has 2 rings (SSSR count). The second kappa shape index (κ2) is 5.24. The summed E-state index contributed by atoms with van der Waals surface area (Å²) in [4.78, 5) is 2.03. The molecular weight excluding hydrogens is 255 g/mol. The molecule has 0 atom stereocenters. The minimum atomic E-state index is -2.90. The largest absolute Gasteiger partial charge is 0.399 e. The number of nitrogen functional groups attached to an aromatic ring is 1. The first-order valence-corrected chi connectivity index (χ1v) is 7.74. The summed E-state index contributed by atoms with van der Waals surface area (Å²) in [6.07, 6.45) is 0.632. The van der Waals surface area contributed by atoms with Crippen molar-refractivity contribution < 1.29 is 12.8 Å². The van der Waals surface area contributed by atoms with Crippen LogP contribution in [0.2, 0.25) is 0 Å². The number of nitrogens with two attached hydrogens (primary N) is 1. The second-order valence-corrected chi connectivity index (χ2v) is 6.98. The number of halogens is 1. The van der Waals surface area contributed by atoms with Gasteiger partial charge in [-0.1, -0.05) is 0 Å². The average molecular weight is 272 g/mol. The molecule has 1 aliphatic rings. The van der Waals surface area contributed by atoms with Crippen LogP contribution >= 0.6 is 0 Å². The van der Waals surface area contributed by atoms with Crippen LogP contribution in [0.25, 0.3) is 0 Å². The van der Waals surface area contributed by atoms with Gasteiger partial charge in [-0.3, -0.25) is 4.90 Å². The van der Waals surface area contributed by atoms with Crippen LogP contribution < -0.4 is 5.73 Å².